The van der Waals surface area contributed by atoms with Gasteiger partial charge in [0.15, 0.2) is 0 Å². The molecule has 0 radical (unpaired) electrons. The molecule has 0 bridgehead atoms. The van der Waals surface area contributed by atoms with Crippen LogP contribution in [0.25, 0.3) is 0 Å². The Morgan fingerprint density at radius 3 is 3.00 bits per heavy atom. The molecule has 72 valence electrons. The number of benzene rings is 1. The summed E-state index contributed by atoms with van der Waals surface area (Å²) in [5.41, 5.74) is 0.877. The maximum absolute atomic E-state index is 8.87. The van der Waals surface area contributed by atoms with Gasteiger partial charge >= 0.3 is 0 Å². The van der Waals surface area contributed by atoms with E-state index in [0.29, 0.717) is 6.61 Å². The molecule has 0 atom stereocenters. The van der Waals surface area contributed by atoms with E-state index in [1.165, 1.54) is 0 Å². The summed E-state index contributed by atoms with van der Waals surface area (Å²) in [6.07, 6.45) is 0. The summed E-state index contributed by atoms with van der Waals surface area (Å²) in [6, 6.07) is 7.47. The van der Waals surface area contributed by atoms with E-state index in [1.807, 2.05) is 31.3 Å². The van der Waals surface area contributed by atoms with Crippen molar-refractivity contribution in [2.45, 2.75) is 6.61 Å². The van der Waals surface area contributed by atoms with E-state index in [1.54, 1.807) is 0 Å². The highest BCUT2D eigenvalue weighted by Crippen LogP contribution is 2.12. The molecule has 0 fully saturated rings. The molecular weight excluding hydrogens is 166 g/mol. The minimum absolute atomic E-state index is 0.0588. The number of likely N-dealkylation sites (N-methyl/N-ethyl adjacent to an activating group) is 1. The predicted molar refractivity (Wildman–Crippen MR) is 51.8 cm³/mol. The second-order valence-corrected chi connectivity index (χ2v) is 2.76. The zero-order valence-electron chi connectivity index (χ0n) is 7.79. The Kier molecular flexibility index (Phi) is 4.29. The highest BCUT2D eigenvalue weighted by atomic mass is 16.5. The second kappa shape index (κ2) is 5.56. The van der Waals surface area contributed by atoms with Gasteiger partial charge in [-0.3, -0.25) is 0 Å². The van der Waals surface area contributed by atoms with Crippen LogP contribution in [-0.2, 0) is 6.61 Å². The summed E-state index contributed by atoms with van der Waals surface area (Å²) in [5, 5.41) is 11.9. The molecule has 0 saturated carbocycles. The fourth-order valence-electron chi connectivity index (χ4n) is 1.00. The predicted octanol–water partition coefficient (Wildman–Crippen LogP) is 0.777. The minimum Gasteiger partial charge on any atom is -0.492 e. The van der Waals surface area contributed by atoms with Gasteiger partial charge in [0.1, 0.15) is 12.4 Å². The van der Waals surface area contributed by atoms with Crippen LogP contribution in [0.4, 0.5) is 0 Å². The minimum atomic E-state index is 0.0588. The van der Waals surface area contributed by atoms with Gasteiger partial charge in [0.2, 0.25) is 0 Å². The van der Waals surface area contributed by atoms with Gasteiger partial charge in [-0.1, -0.05) is 12.1 Å². The van der Waals surface area contributed by atoms with E-state index in [2.05, 4.69) is 5.32 Å². The summed E-state index contributed by atoms with van der Waals surface area (Å²) in [7, 11) is 1.88. The number of rotatable bonds is 5. The molecule has 0 heterocycles. The molecule has 1 aromatic carbocycles. The first-order valence-electron chi connectivity index (χ1n) is 4.34. The van der Waals surface area contributed by atoms with Crippen LogP contribution in [0.5, 0.6) is 5.75 Å². The lowest BCUT2D eigenvalue weighted by Crippen LogP contribution is -2.15. The van der Waals surface area contributed by atoms with Crippen molar-refractivity contribution in [3.63, 3.8) is 0 Å². The lowest BCUT2D eigenvalue weighted by molar-refractivity contribution is 0.279. The lowest BCUT2D eigenvalue weighted by atomic mass is 10.2. The molecule has 3 nitrogen and oxygen atoms in total. The maximum Gasteiger partial charge on any atom is 0.119 e. The van der Waals surface area contributed by atoms with Crippen molar-refractivity contribution in [2.75, 3.05) is 20.2 Å². The molecule has 2 N–H and O–H groups in total. The fourth-order valence-corrected chi connectivity index (χ4v) is 1.00. The third-order valence-electron chi connectivity index (χ3n) is 1.70. The van der Waals surface area contributed by atoms with Crippen molar-refractivity contribution >= 4 is 0 Å². The molecule has 0 aliphatic carbocycles. The van der Waals surface area contributed by atoms with E-state index < -0.39 is 0 Å². The highest BCUT2D eigenvalue weighted by molar-refractivity contribution is 5.27. The van der Waals surface area contributed by atoms with E-state index in [0.717, 1.165) is 17.9 Å². The number of hydrogen-bond acceptors (Lipinski definition) is 3. The Labute approximate surface area is 78.3 Å². The molecule has 0 unspecified atom stereocenters. The van der Waals surface area contributed by atoms with Gasteiger partial charge in [0.05, 0.1) is 6.61 Å². The van der Waals surface area contributed by atoms with Crippen molar-refractivity contribution < 1.29 is 9.84 Å². The topological polar surface area (TPSA) is 41.5 Å². The van der Waals surface area contributed by atoms with Gasteiger partial charge in [-0.05, 0) is 24.7 Å². The van der Waals surface area contributed by atoms with E-state index >= 15 is 0 Å². The summed E-state index contributed by atoms with van der Waals surface area (Å²) < 4.78 is 5.42. The van der Waals surface area contributed by atoms with Gasteiger partial charge in [-0.25, -0.2) is 0 Å². The van der Waals surface area contributed by atoms with Crippen molar-refractivity contribution in [3.8, 4) is 5.75 Å². The first-order chi connectivity index (χ1) is 6.36. The van der Waals surface area contributed by atoms with Crippen LogP contribution in [0.2, 0.25) is 0 Å². The lowest BCUT2D eigenvalue weighted by Gasteiger charge is -2.06. The SMILES string of the molecule is CNCCOc1cccc(CO)c1. The van der Waals surface area contributed by atoms with Crippen molar-refractivity contribution in [3.05, 3.63) is 29.8 Å². The Morgan fingerprint density at radius 2 is 2.31 bits per heavy atom. The van der Waals surface area contributed by atoms with Crippen LogP contribution in [0, 0.1) is 0 Å². The van der Waals surface area contributed by atoms with Crippen molar-refractivity contribution in [1.82, 2.24) is 5.32 Å². The standard InChI is InChI=1S/C10H15NO2/c1-11-5-6-13-10-4-2-3-9(7-10)8-12/h2-4,7,11-12H,5-6,8H2,1H3. The summed E-state index contributed by atoms with van der Waals surface area (Å²) in [4.78, 5) is 0. The van der Waals surface area contributed by atoms with Gasteiger partial charge in [0.25, 0.3) is 0 Å². The van der Waals surface area contributed by atoms with Crippen LogP contribution in [0.1, 0.15) is 5.56 Å². The fraction of sp³-hybridized carbons (Fsp3) is 0.400. The molecule has 0 amide bonds. The zero-order chi connectivity index (χ0) is 9.52. The molecule has 1 rings (SSSR count). The maximum atomic E-state index is 8.87. The molecule has 1 aromatic rings. The first-order valence-corrected chi connectivity index (χ1v) is 4.34. The van der Waals surface area contributed by atoms with Crippen molar-refractivity contribution in [1.29, 1.82) is 0 Å². The van der Waals surface area contributed by atoms with Crippen LogP contribution in [0.15, 0.2) is 24.3 Å². The summed E-state index contributed by atoms with van der Waals surface area (Å²) >= 11 is 0. The number of nitrogens with one attached hydrogen (secondary N) is 1. The Morgan fingerprint density at radius 1 is 1.46 bits per heavy atom. The Balaban J connectivity index is 2.46. The second-order valence-electron chi connectivity index (χ2n) is 2.76. The smallest absolute Gasteiger partial charge is 0.119 e. The Bertz CT molecular complexity index is 250. The molecule has 0 saturated heterocycles. The Hall–Kier alpha value is -1.06. The van der Waals surface area contributed by atoms with Crippen LogP contribution in [0.3, 0.4) is 0 Å². The van der Waals surface area contributed by atoms with E-state index in [-0.39, 0.29) is 6.61 Å². The third kappa shape index (κ3) is 3.44. The third-order valence-corrected chi connectivity index (χ3v) is 1.70. The first kappa shape index (κ1) is 10.0. The van der Waals surface area contributed by atoms with Gasteiger partial charge in [-0.2, -0.15) is 0 Å². The zero-order valence-corrected chi connectivity index (χ0v) is 7.79. The molecule has 0 aliphatic heterocycles. The normalized spacial score (nSPS) is 10.0. The molecule has 3 heteroatoms. The average Bonchev–Trinajstić information content (AvgIpc) is 2.19. The van der Waals surface area contributed by atoms with Crippen LogP contribution in [-0.4, -0.2) is 25.3 Å². The van der Waals surface area contributed by atoms with Crippen LogP contribution >= 0.6 is 0 Å². The van der Waals surface area contributed by atoms with E-state index in [9.17, 15) is 0 Å². The van der Waals surface area contributed by atoms with Crippen LogP contribution < -0.4 is 10.1 Å². The van der Waals surface area contributed by atoms with E-state index in [4.69, 9.17) is 9.84 Å². The molecule has 13 heavy (non-hydrogen) atoms. The van der Waals surface area contributed by atoms with Gasteiger partial charge in [-0.15, -0.1) is 0 Å². The quantitative estimate of drug-likeness (QED) is 0.659. The molecular formula is C10H15NO2. The highest BCUT2D eigenvalue weighted by Gasteiger charge is 1.94. The summed E-state index contributed by atoms with van der Waals surface area (Å²) in [5.74, 6) is 0.807. The molecule has 0 aromatic heterocycles. The largest absolute Gasteiger partial charge is 0.492 e. The number of hydrogen-bond donors (Lipinski definition) is 2. The van der Waals surface area contributed by atoms with Gasteiger partial charge < -0.3 is 15.2 Å². The number of aliphatic hydroxyl groups is 1. The average molecular weight is 181 g/mol. The monoisotopic (exact) mass is 181 g/mol. The molecule has 0 aliphatic rings. The van der Waals surface area contributed by atoms with Gasteiger partial charge in [0, 0.05) is 6.54 Å². The number of aliphatic hydroxyl groups excluding tert-OH is 1. The molecule has 0 spiro atoms. The summed E-state index contributed by atoms with van der Waals surface area (Å²) in [6.45, 7) is 1.53. The van der Waals surface area contributed by atoms with Crippen molar-refractivity contribution in [2.24, 2.45) is 0 Å². The number of ether oxygens (including phenoxy) is 1.